The molecule has 0 radical (unpaired) electrons. The monoisotopic (exact) mass is 200 g/mol. The van der Waals surface area contributed by atoms with E-state index in [0.29, 0.717) is 11.1 Å². The maximum Gasteiger partial charge on any atom is 0.273 e. The molecule has 1 atom stereocenters. The molecule has 13 heavy (non-hydrogen) atoms. The summed E-state index contributed by atoms with van der Waals surface area (Å²) in [6.45, 7) is 1.78. The molecule has 72 valence electrons. The Labute approximate surface area is 80.6 Å². The molecule has 0 saturated carbocycles. The van der Waals surface area contributed by atoms with Gasteiger partial charge in [-0.15, -0.1) is 0 Å². The van der Waals surface area contributed by atoms with Crippen molar-refractivity contribution < 1.29 is 9.84 Å². The molecule has 1 aromatic heterocycles. The molecule has 0 aliphatic carbocycles. The minimum Gasteiger partial charge on any atom is -0.473 e. The van der Waals surface area contributed by atoms with Gasteiger partial charge in [0.1, 0.15) is 0 Å². The molecule has 0 spiro atoms. The fraction of sp³-hybridized carbons (Fsp3) is 0.625. The van der Waals surface area contributed by atoms with Crippen molar-refractivity contribution >= 4 is 11.3 Å². The van der Waals surface area contributed by atoms with Crippen molar-refractivity contribution in [3.63, 3.8) is 0 Å². The van der Waals surface area contributed by atoms with Crippen molar-refractivity contribution in [2.45, 2.75) is 6.10 Å². The molecule has 0 amide bonds. The number of nitrogens with zero attached hydrogens (tertiary/aromatic N) is 1. The van der Waals surface area contributed by atoms with Crippen LogP contribution in [0.4, 0.5) is 0 Å². The number of rotatable bonds is 3. The van der Waals surface area contributed by atoms with Crippen LogP contribution in [0.2, 0.25) is 0 Å². The van der Waals surface area contributed by atoms with Crippen molar-refractivity contribution in [2.75, 3.05) is 20.2 Å². The molecule has 1 unspecified atom stereocenters. The molecule has 2 N–H and O–H groups in total. The third-order valence-electron chi connectivity index (χ3n) is 2.23. The highest BCUT2D eigenvalue weighted by atomic mass is 32.1. The van der Waals surface area contributed by atoms with Gasteiger partial charge in [-0.1, -0.05) is 11.3 Å². The van der Waals surface area contributed by atoms with Crippen LogP contribution in [0, 0.1) is 5.92 Å². The molecule has 1 aliphatic rings. The summed E-state index contributed by atoms with van der Waals surface area (Å²) in [6, 6.07) is 0. The second-order valence-corrected chi connectivity index (χ2v) is 4.12. The molecule has 5 heteroatoms. The van der Waals surface area contributed by atoms with Crippen molar-refractivity contribution in [2.24, 2.45) is 5.92 Å². The summed E-state index contributed by atoms with van der Waals surface area (Å²) in [6.07, 6.45) is 1.30. The summed E-state index contributed by atoms with van der Waals surface area (Å²) in [4.78, 5) is 4.90. The molecule has 1 fully saturated rings. The second-order valence-electron chi connectivity index (χ2n) is 3.10. The lowest BCUT2D eigenvalue weighted by Crippen LogP contribution is -2.45. The lowest BCUT2D eigenvalue weighted by molar-refractivity contribution is 0.0795. The van der Waals surface area contributed by atoms with Crippen molar-refractivity contribution in [1.82, 2.24) is 10.3 Å². The van der Waals surface area contributed by atoms with E-state index in [1.165, 1.54) is 11.3 Å². The first-order chi connectivity index (χ1) is 6.31. The van der Waals surface area contributed by atoms with Gasteiger partial charge in [0.05, 0.1) is 18.1 Å². The fourth-order valence-corrected chi connectivity index (χ4v) is 2.08. The zero-order valence-corrected chi connectivity index (χ0v) is 8.17. The standard InChI is InChI=1S/C8H12N2O2S/c1-12-8-10-4-6(13-8)7(11)5-2-9-3-5/h4-5,7,9,11H,2-3H2,1H3. The number of hydrogen-bond donors (Lipinski definition) is 2. The average molecular weight is 200 g/mol. The number of aromatic nitrogens is 1. The SMILES string of the molecule is COc1ncc(C(O)C2CNC2)s1. The molecule has 0 aromatic carbocycles. The molecule has 2 heterocycles. The highest BCUT2D eigenvalue weighted by Gasteiger charge is 2.27. The smallest absolute Gasteiger partial charge is 0.273 e. The van der Waals surface area contributed by atoms with Gasteiger partial charge in [0.15, 0.2) is 0 Å². The molecule has 1 aliphatic heterocycles. The summed E-state index contributed by atoms with van der Waals surface area (Å²) in [5, 5.41) is 13.6. The minimum absolute atomic E-state index is 0.338. The normalized spacial score (nSPS) is 19.5. The summed E-state index contributed by atoms with van der Waals surface area (Å²) in [5.74, 6) is 0.338. The van der Waals surface area contributed by atoms with Crippen molar-refractivity contribution in [3.8, 4) is 5.19 Å². The third-order valence-corrected chi connectivity index (χ3v) is 3.26. The Bertz CT molecular complexity index is 285. The highest BCUT2D eigenvalue weighted by Crippen LogP contribution is 2.31. The van der Waals surface area contributed by atoms with E-state index >= 15 is 0 Å². The van der Waals surface area contributed by atoms with Crippen LogP contribution in [0.1, 0.15) is 11.0 Å². The molecule has 0 bridgehead atoms. The quantitative estimate of drug-likeness (QED) is 0.741. The van der Waals surface area contributed by atoms with Crippen LogP contribution in [-0.2, 0) is 0 Å². The van der Waals surface area contributed by atoms with E-state index in [1.54, 1.807) is 13.3 Å². The Morgan fingerprint density at radius 3 is 3.00 bits per heavy atom. The zero-order valence-electron chi connectivity index (χ0n) is 7.36. The largest absolute Gasteiger partial charge is 0.473 e. The van der Waals surface area contributed by atoms with Crippen LogP contribution in [-0.4, -0.2) is 30.3 Å². The van der Waals surface area contributed by atoms with E-state index in [1.807, 2.05) is 0 Å². The number of aliphatic hydroxyl groups is 1. The van der Waals surface area contributed by atoms with Crippen molar-refractivity contribution in [1.29, 1.82) is 0 Å². The number of hydrogen-bond acceptors (Lipinski definition) is 5. The topological polar surface area (TPSA) is 54.4 Å². The zero-order chi connectivity index (χ0) is 9.26. The van der Waals surface area contributed by atoms with Gasteiger partial charge in [-0.2, -0.15) is 0 Å². The number of methoxy groups -OCH3 is 1. The van der Waals surface area contributed by atoms with Gasteiger partial charge >= 0.3 is 0 Å². The molecule has 2 rings (SSSR count). The van der Waals surface area contributed by atoms with Gasteiger partial charge in [0.2, 0.25) is 0 Å². The predicted molar refractivity (Wildman–Crippen MR) is 50.0 cm³/mol. The Balaban J connectivity index is 2.05. The van der Waals surface area contributed by atoms with Gasteiger partial charge in [0, 0.05) is 25.2 Å². The van der Waals surface area contributed by atoms with Crippen LogP contribution in [0.15, 0.2) is 6.20 Å². The number of aliphatic hydroxyl groups excluding tert-OH is 1. The second kappa shape index (κ2) is 3.61. The summed E-state index contributed by atoms with van der Waals surface area (Å²) in [5.41, 5.74) is 0. The van der Waals surface area contributed by atoms with E-state index in [2.05, 4.69) is 10.3 Å². The highest BCUT2D eigenvalue weighted by molar-refractivity contribution is 7.13. The molecule has 1 aromatic rings. The molecular formula is C8H12N2O2S. The van der Waals surface area contributed by atoms with E-state index in [9.17, 15) is 5.11 Å². The average Bonchev–Trinajstić information content (AvgIpc) is 2.48. The molecule has 1 saturated heterocycles. The number of nitrogens with one attached hydrogen (secondary N) is 1. The van der Waals surface area contributed by atoms with Crippen LogP contribution >= 0.6 is 11.3 Å². The maximum atomic E-state index is 9.82. The van der Waals surface area contributed by atoms with E-state index in [0.717, 1.165) is 18.0 Å². The first kappa shape index (κ1) is 8.93. The van der Waals surface area contributed by atoms with Crippen LogP contribution < -0.4 is 10.1 Å². The summed E-state index contributed by atoms with van der Waals surface area (Å²) < 4.78 is 4.96. The summed E-state index contributed by atoms with van der Waals surface area (Å²) in [7, 11) is 1.58. The lowest BCUT2D eigenvalue weighted by atomic mass is 9.96. The molecule has 4 nitrogen and oxygen atoms in total. The van der Waals surface area contributed by atoms with E-state index in [4.69, 9.17) is 4.74 Å². The molecular weight excluding hydrogens is 188 g/mol. The minimum atomic E-state index is -0.386. The van der Waals surface area contributed by atoms with Gasteiger partial charge in [0.25, 0.3) is 5.19 Å². The van der Waals surface area contributed by atoms with Crippen molar-refractivity contribution in [3.05, 3.63) is 11.1 Å². The first-order valence-corrected chi connectivity index (χ1v) is 5.01. The van der Waals surface area contributed by atoms with Crippen LogP contribution in [0.5, 0.6) is 5.19 Å². The van der Waals surface area contributed by atoms with Gasteiger partial charge < -0.3 is 15.2 Å². The predicted octanol–water partition coefficient (Wildman–Crippen LogP) is 0.404. The summed E-state index contributed by atoms with van der Waals surface area (Å²) >= 11 is 1.41. The first-order valence-electron chi connectivity index (χ1n) is 4.19. The Morgan fingerprint density at radius 1 is 1.77 bits per heavy atom. The number of thiazole rings is 1. The number of ether oxygens (including phenoxy) is 1. The fourth-order valence-electron chi connectivity index (χ4n) is 1.27. The van der Waals surface area contributed by atoms with Gasteiger partial charge in [-0.05, 0) is 0 Å². The Hall–Kier alpha value is -0.650. The third kappa shape index (κ3) is 1.67. The van der Waals surface area contributed by atoms with E-state index in [-0.39, 0.29) is 6.10 Å². The van der Waals surface area contributed by atoms with Gasteiger partial charge in [-0.25, -0.2) is 4.98 Å². The maximum absolute atomic E-state index is 9.82. The lowest BCUT2D eigenvalue weighted by Gasteiger charge is -2.30. The van der Waals surface area contributed by atoms with Crippen LogP contribution in [0.25, 0.3) is 0 Å². The Morgan fingerprint density at radius 2 is 2.54 bits per heavy atom. The van der Waals surface area contributed by atoms with Crippen LogP contribution in [0.3, 0.4) is 0 Å². The Kier molecular flexibility index (Phi) is 2.48. The van der Waals surface area contributed by atoms with E-state index < -0.39 is 0 Å². The van der Waals surface area contributed by atoms with Gasteiger partial charge in [-0.3, -0.25) is 0 Å².